The number of aromatic amines is 1. The lowest BCUT2D eigenvalue weighted by Gasteiger charge is -2.02. The van der Waals surface area contributed by atoms with Crippen LogP contribution in [0.25, 0.3) is 0 Å². The summed E-state index contributed by atoms with van der Waals surface area (Å²) in [7, 11) is 0. The molecule has 0 spiro atoms. The van der Waals surface area contributed by atoms with Crippen molar-refractivity contribution in [2.24, 2.45) is 0 Å². The molecule has 0 fully saturated rings. The number of H-pyrrole nitrogens is 1. The summed E-state index contributed by atoms with van der Waals surface area (Å²) in [5.74, 6) is 0.00615. The SMILES string of the molecule is CC/C=C\C/C=C\C/C=C\C/C=C\C/C=C\C/C=C\CCC(=O)OCCc1nc(C)[nH]c1[N+](=O)[O-]. The van der Waals surface area contributed by atoms with Crippen molar-refractivity contribution >= 4 is 11.8 Å². The second-order valence-corrected chi connectivity index (χ2v) is 7.80. The second-order valence-electron chi connectivity index (χ2n) is 7.80. The van der Waals surface area contributed by atoms with Crippen molar-refractivity contribution in [2.45, 2.75) is 71.6 Å². The van der Waals surface area contributed by atoms with Crippen molar-refractivity contribution < 1.29 is 14.5 Å². The molecule has 1 heterocycles. The van der Waals surface area contributed by atoms with Gasteiger partial charge >= 0.3 is 11.8 Å². The quantitative estimate of drug-likeness (QED) is 0.104. The van der Waals surface area contributed by atoms with E-state index in [4.69, 9.17) is 4.74 Å². The summed E-state index contributed by atoms with van der Waals surface area (Å²) in [5, 5.41) is 10.9. The normalized spacial score (nSPS) is 12.5. The Morgan fingerprint density at radius 3 is 1.86 bits per heavy atom. The van der Waals surface area contributed by atoms with E-state index in [1.54, 1.807) is 6.92 Å². The van der Waals surface area contributed by atoms with Gasteiger partial charge in [0.05, 0.1) is 6.61 Å². The molecule has 7 nitrogen and oxygen atoms in total. The lowest BCUT2D eigenvalue weighted by atomic mass is 10.2. The maximum atomic E-state index is 11.8. The first-order chi connectivity index (χ1) is 17.0. The Morgan fingerprint density at radius 2 is 1.37 bits per heavy atom. The van der Waals surface area contributed by atoms with Gasteiger partial charge in [0.25, 0.3) is 0 Å². The molecule has 1 N–H and O–H groups in total. The summed E-state index contributed by atoms with van der Waals surface area (Å²) in [5.41, 5.74) is 0.303. The van der Waals surface area contributed by atoms with Crippen LogP contribution in [0.1, 0.15) is 69.8 Å². The number of rotatable bonds is 18. The number of imidazole rings is 1. The van der Waals surface area contributed by atoms with Crippen LogP contribution in [-0.2, 0) is 16.0 Å². The topological polar surface area (TPSA) is 98.1 Å². The van der Waals surface area contributed by atoms with Crippen molar-refractivity contribution in [3.05, 3.63) is 94.5 Å². The smallest absolute Gasteiger partial charge is 0.344 e. The third-order valence-corrected chi connectivity index (χ3v) is 4.77. The minimum absolute atomic E-state index is 0.0771. The zero-order valence-corrected chi connectivity index (χ0v) is 21.0. The fraction of sp³-hybridized carbons (Fsp3) is 0.429. The molecule has 1 rings (SSSR count). The summed E-state index contributed by atoms with van der Waals surface area (Å²) in [6.07, 6.45) is 32.5. The summed E-state index contributed by atoms with van der Waals surface area (Å²) in [4.78, 5) is 28.9. The number of hydrogen-bond donors (Lipinski definition) is 1. The van der Waals surface area contributed by atoms with Gasteiger partial charge in [-0.1, -0.05) is 79.8 Å². The second kappa shape index (κ2) is 19.9. The van der Waals surface area contributed by atoms with E-state index in [1.807, 2.05) is 12.2 Å². The minimum Gasteiger partial charge on any atom is -0.465 e. The molecule has 0 aromatic carbocycles. The fourth-order valence-corrected chi connectivity index (χ4v) is 3.03. The number of aryl methyl sites for hydroxylation is 1. The molecule has 0 amide bonds. The number of esters is 1. The van der Waals surface area contributed by atoms with E-state index in [9.17, 15) is 14.9 Å². The van der Waals surface area contributed by atoms with Gasteiger partial charge in [-0.05, 0) is 49.9 Å². The Bertz CT molecular complexity index is 921. The van der Waals surface area contributed by atoms with Crippen LogP contribution in [0.5, 0.6) is 0 Å². The average Bonchev–Trinajstić information content (AvgIpc) is 3.21. The van der Waals surface area contributed by atoms with E-state index in [0.717, 1.165) is 38.5 Å². The fourth-order valence-electron chi connectivity index (χ4n) is 3.03. The number of nitrogens with one attached hydrogen (secondary N) is 1. The van der Waals surface area contributed by atoms with Crippen LogP contribution >= 0.6 is 0 Å². The lowest BCUT2D eigenvalue weighted by Crippen LogP contribution is -2.08. The average molecular weight is 482 g/mol. The van der Waals surface area contributed by atoms with E-state index >= 15 is 0 Å². The number of ether oxygens (including phenoxy) is 1. The molecule has 0 saturated heterocycles. The highest BCUT2D eigenvalue weighted by Gasteiger charge is 2.17. The molecule has 35 heavy (non-hydrogen) atoms. The van der Waals surface area contributed by atoms with Crippen molar-refractivity contribution in [3.63, 3.8) is 0 Å². The first-order valence-electron chi connectivity index (χ1n) is 12.3. The number of carbonyl (C=O) groups is 1. The summed E-state index contributed by atoms with van der Waals surface area (Å²) < 4.78 is 5.15. The van der Waals surface area contributed by atoms with Gasteiger partial charge in [0.2, 0.25) is 0 Å². The van der Waals surface area contributed by atoms with Gasteiger partial charge in [0.15, 0.2) is 5.82 Å². The molecule has 7 heteroatoms. The summed E-state index contributed by atoms with van der Waals surface area (Å²) >= 11 is 0. The van der Waals surface area contributed by atoms with E-state index in [1.165, 1.54) is 0 Å². The minimum atomic E-state index is -0.515. The van der Waals surface area contributed by atoms with Crippen LogP contribution in [0.15, 0.2) is 72.9 Å². The van der Waals surface area contributed by atoms with Gasteiger partial charge in [0.1, 0.15) is 5.69 Å². The third kappa shape index (κ3) is 15.9. The van der Waals surface area contributed by atoms with Gasteiger partial charge in [0, 0.05) is 19.8 Å². The molecule has 0 aliphatic rings. The number of aromatic nitrogens is 2. The molecule has 0 atom stereocenters. The predicted octanol–water partition coefficient (Wildman–Crippen LogP) is 7.19. The number of allylic oxidation sites excluding steroid dienone is 12. The van der Waals surface area contributed by atoms with Gasteiger partial charge in [-0.15, -0.1) is 0 Å². The van der Waals surface area contributed by atoms with E-state index < -0.39 is 4.92 Å². The Labute approximate surface area is 209 Å². The molecular formula is C28H39N3O4. The van der Waals surface area contributed by atoms with Crippen LogP contribution in [-0.4, -0.2) is 27.5 Å². The number of carbonyl (C=O) groups excluding carboxylic acids is 1. The molecule has 0 unspecified atom stereocenters. The summed E-state index contributed by atoms with van der Waals surface area (Å²) in [6.45, 7) is 3.87. The molecule has 0 aliphatic heterocycles. The zero-order valence-electron chi connectivity index (χ0n) is 21.0. The van der Waals surface area contributed by atoms with Crippen molar-refractivity contribution in [1.82, 2.24) is 9.97 Å². The predicted molar refractivity (Wildman–Crippen MR) is 142 cm³/mol. The summed E-state index contributed by atoms with van der Waals surface area (Å²) in [6, 6.07) is 0. The van der Waals surface area contributed by atoms with Crippen LogP contribution in [0.2, 0.25) is 0 Å². The Morgan fingerprint density at radius 1 is 0.886 bits per heavy atom. The Kier molecular flexibility index (Phi) is 16.8. The first kappa shape index (κ1) is 29.6. The zero-order chi connectivity index (χ0) is 25.6. The highest BCUT2D eigenvalue weighted by molar-refractivity contribution is 5.69. The van der Waals surface area contributed by atoms with E-state index in [2.05, 4.69) is 77.7 Å². The highest BCUT2D eigenvalue weighted by Crippen LogP contribution is 2.15. The van der Waals surface area contributed by atoms with Crippen LogP contribution in [0.4, 0.5) is 5.82 Å². The monoisotopic (exact) mass is 481 g/mol. The molecule has 0 aliphatic carbocycles. The van der Waals surface area contributed by atoms with Gasteiger partial charge in [-0.3, -0.25) is 4.79 Å². The van der Waals surface area contributed by atoms with Gasteiger partial charge < -0.3 is 14.9 Å². The van der Waals surface area contributed by atoms with Crippen molar-refractivity contribution in [2.75, 3.05) is 6.61 Å². The standard InChI is InChI=1S/C28H39N3O4/c1-3-4-5-6-7-8-9-10-11-12-13-14-15-16-17-18-19-20-21-22-27(32)35-24-23-26-28(31(33)34)30-25(2)29-26/h4-5,7-8,10-11,13-14,16-17,19-20H,3,6,9,12,15,18,21-24H2,1-2H3,(H,29,30)/b5-4-,8-7-,11-10-,14-13-,17-16-,20-19-. The molecular weight excluding hydrogens is 442 g/mol. The van der Waals surface area contributed by atoms with Gasteiger partial charge in [-0.25, -0.2) is 9.97 Å². The number of nitrogens with zero attached hydrogens (tertiary/aromatic N) is 2. The van der Waals surface area contributed by atoms with E-state index in [-0.39, 0.29) is 31.2 Å². The third-order valence-electron chi connectivity index (χ3n) is 4.77. The molecule has 1 aromatic rings. The molecule has 190 valence electrons. The molecule has 1 aromatic heterocycles. The van der Waals surface area contributed by atoms with Crippen molar-refractivity contribution in [3.8, 4) is 0 Å². The lowest BCUT2D eigenvalue weighted by molar-refractivity contribution is -0.390. The number of hydrogen-bond acceptors (Lipinski definition) is 5. The molecule has 0 saturated carbocycles. The molecule has 0 radical (unpaired) electrons. The Hall–Kier alpha value is -3.48. The van der Waals surface area contributed by atoms with Crippen LogP contribution in [0.3, 0.4) is 0 Å². The molecule has 0 bridgehead atoms. The van der Waals surface area contributed by atoms with Crippen LogP contribution < -0.4 is 0 Å². The van der Waals surface area contributed by atoms with Crippen LogP contribution in [0, 0.1) is 17.0 Å². The first-order valence-corrected chi connectivity index (χ1v) is 12.3. The van der Waals surface area contributed by atoms with Crippen molar-refractivity contribution in [1.29, 1.82) is 0 Å². The van der Waals surface area contributed by atoms with E-state index in [0.29, 0.717) is 17.9 Å². The highest BCUT2D eigenvalue weighted by atomic mass is 16.6. The number of nitro groups is 1. The largest absolute Gasteiger partial charge is 0.465 e. The Balaban J connectivity index is 2.04. The maximum Gasteiger partial charge on any atom is 0.344 e. The van der Waals surface area contributed by atoms with Gasteiger partial charge in [-0.2, -0.15) is 0 Å². The maximum absolute atomic E-state index is 11.8.